The van der Waals surface area contributed by atoms with Crippen LogP contribution in [-0.2, 0) is 23.1 Å². The minimum Gasteiger partial charge on any atom is -0.370 e. The van der Waals surface area contributed by atoms with Gasteiger partial charge in [-0.3, -0.25) is 0 Å². The van der Waals surface area contributed by atoms with Crippen LogP contribution in [0.1, 0.15) is 40.5 Å². The van der Waals surface area contributed by atoms with Gasteiger partial charge in [0.15, 0.2) is 0 Å². The van der Waals surface area contributed by atoms with Gasteiger partial charge in [-0.1, -0.05) is 20.8 Å². The smallest absolute Gasteiger partial charge is 0.370 e. The van der Waals surface area contributed by atoms with Gasteiger partial charge in [0.2, 0.25) is 0 Å². The molecule has 6 nitrogen and oxygen atoms in total. The van der Waals surface area contributed by atoms with Gasteiger partial charge in [0.1, 0.15) is 12.7 Å². The van der Waals surface area contributed by atoms with Crippen molar-refractivity contribution in [3.63, 3.8) is 0 Å². The molecule has 0 fully saturated rings. The van der Waals surface area contributed by atoms with Crippen LogP contribution in [0.3, 0.4) is 0 Å². The molecule has 0 aromatic carbocycles. The van der Waals surface area contributed by atoms with Gasteiger partial charge in [0, 0.05) is 17.1 Å². The van der Waals surface area contributed by atoms with E-state index in [0.717, 1.165) is 12.3 Å². The van der Waals surface area contributed by atoms with Gasteiger partial charge in [0.25, 0.3) is 0 Å². The van der Waals surface area contributed by atoms with E-state index in [9.17, 15) is 9.67 Å². The fourth-order valence-electron chi connectivity index (χ4n) is 1.11. The van der Waals surface area contributed by atoms with Crippen molar-refractivity contribution in [2.24, 2.45) is 0 Å². The Bertz CT molecular complexity index is 273. The molecule has 0 aliphatic rings. The lowest BCUT2D eigenvalue weighted by molar-refractivity contribution is -0.363. The summed E-state index contributed by atoms with van der Waals surface area (Å²) < 4.78 is 31.8. The van der Waals surface area contributed by atoms with Crippen molar-refractivity contribution >= 4 is 31.5 Å². The SMILES string of the molecule is CCCOC(C)C(O)(OCCC)O[P+](=O)OCCCl.CCCl. The number of hydrogen-bond acceptors (Lipinski definition) is 6. The molecule has 0 rings (SSSR count). The van der Waals surface area contributed by atoms with E-state index in [1.165, 1.54) is 0 Å². The fourth-order valence-corrected chi connectivity index (χ4v) is 2.00. The first kappa shape index (κ1) is 24.7. The maximum Gasteiger partial charge on any atom is 0.703 e. The second-order valence-electron chi connectivity index (χ2n) is 4.10. The predicted octanol–water partition coefficient (Wildman–Crippen LogP) is 4.05. The molecule has 0 aliphatic carbocycles. The molecule has 0 radical (unpaired) electrons. The molecule has 0 aliphatic heterocycles. The summed E-state index contributed by atoms with van der Waals surface area (Å²) in [5.74, 6) is -1.19. The predicted molar refractivity (Wildman–Crippen MR) is 88.7 cm³/mol. The number of halogens is 2. The first-order chi connectivity index (χ1) is 10.4. The average molecular weight is 382 g/mol. The second kappa shape index (κ2) is 16.3. The van der Waals surface area contributed by atoms with Gasteiger partial charge in [-0.05, 0) is 24.3 Å². The maximum absolute atomic E-state index is 11.5. The van der Waals surface area contributed by atoms with E-state index in [-0.39, 0.29) is 19.1 Å². The zero-order chi connectivity index (χ0) is 17.4. The number of alkyl halides is 2. The first-order valence-electron chi connectivity index (χ1n) is 7.30. The summed E-state index contributed by atoms with van der Waals surface area (Å²) in [5.41, 5.74) is 0. The van der Waals surface area contributed by atoms with Crippen molar-refractivity contribution < 1.29 is 28.2 Å². The van der Waals surface area contributed by atoms with Crippen molar-refractivity contribution in [1.82, 2.24) is 0 Å². The Kier molecular flexibility index (Phi) is 18.4. The van der Waals surface area contributed by atoms with Crippen LogP contribution < -0.4 is 0 Å². The Morgan fingerprint density at radius 3 is 2.14 bits per heavy atom. The molecule has 0 aromatic heterocycles. The second-order valence-corrected chi connectivity index (χ2v) is 5.90. The first-order valence-corrected chi connectivity index (χ1v) is 9.47. The van der Waals surface area contributed by atoms with E-state index in [1.54, 1.807) is 6.92 Å². The topological polar surface area (TPSA) is 74.2 Å². The van der Waals surface area contributed by atoms with Gasteiger partial charge in [-0.2, -0.15) is 0 Å². The third kappa shape index (κ3) is 13.0. The molecule has 3 unspecified atom stereocenters. The quantitative estimate of drug-likeness (QED) is 0.312. The minimum absolute atomic E-state index is 0.0603. The van der Waals surface area contributed by atoms with Crippen LogP contribution in [0.2, 0.25) is 0 Å². The van der Waals surface area contributed by atoms with Gasteiger partial charge in [-0.15, -0.1) is 27.7 Å². The molecule has 0 saturated heterocycles. The fraction of sp³-hybridized carbons (Fsp3) is 1.00. The monoisotopic (exact) mass is 381 g/mol. The zero-order valence-electron chi connectivity index (χ0n) is 13.7. The average Bonchev–Trinajstić information content (AvgIpc) is 2.49. The molecule has 22 heavy (non-hydrogen) atoms. The molecule has 9 heteroatoms. The molecule has 0 heterocycles. The molecule has 0 amide bonds. The molecular weight excluding hydrogens is 354 g/mol. The van der Waals surface area contributed by atoms with Gasteiger partial charge >= 0.3 is 14.2 Å². The van der Waals surface area contributed by atoms with Crippen molar-refractivity contribution in [3.8, 4) is 0 Å². The summed E-state index contributed by atoms with van der Waals surface area (Å²) in [7, 11) is -2.53. The van der Waals surface area contributed by atoms with Crippen LogP contribution in [0.15, 0.2) is 0 Å². The number of aliphatic hydroxyl groups is 1. The summed E-state index contributed by atoms with van der Waals surface area (Å²) in [6.07, 6.45) is 0.659. The highest BCUT2D eigenvalue weighted by atomic mass is 35.5. The summed E-state index contributed by atoms with van der Waals surface area (Å²) in [4.78, 5) is 0. The standard InChI is InChI=1S/C11H23ClO6P.C2H5Cl/c1-4-7-15-10(3)11(13,16-8-5-2)18-19(14)17-9-6-12;1-2-3/h10,13H,4-9H2,1-3H3;2H2,1H3/q+1;. The van der Waals surface area contributed by atoms with Crippen molar-refractivity contribution in [1.29, 1.82) is 0 Å². The summed E-state index contributed by atoms with van der Waals surface area (Å²) >= 11 is 10.4. The Labute approximate surface area is 144 Å². The summed E-state index contributed by atoms with van der Waals surface area (Å²) in [5, 5.41) is 10.2. The Morgan fingerprint density at radius 2 is 1.68 bits per heavy atom. The lowest BCUT2D eigenvalue weighted by Gasteiger charge is -2.27. The van der Waals surface area contributed by atoms with Crippen molar-refractivity contribution in [2.45, 2.75) is 52.6 Å². The Balaban J connectivity index is 0. The molecule has 134 valence electrons. The molecular formula is C13H28Cl2O6P+. The van der Waals surface area contributed by atoms with E-state index in [2.05, 4.69) is 0 Å². The number of hydrogen-bond donors (Lipinski definition) is 1. The van der Waals surface area contributed by atoms with Gasteiger partial charge in [-0.25, -0.2) is 0 Å². The molecule has 1 N–H and O–H groups in total. The largest absolute Gasteiger partial charge is 0.703 e. The maximum atomic E-state index is 11.5. The van der Waals surface area contributed by atoms with E-state index in [0.29, 0.717) is 13.0 Å². The van der Waals surface area contributed by atoms with Crippen LogP contribution in [0.5, 0.6) is 0 Å². The molecule has 0 saturated carbocycles. The highest BCUT2D eigenvalue weighted by Gasteiger charge is 2.47. The lowest BCUT2D eigenvalue weighted by Crippen LogP contribution is -2.46. The third-order valence-corrected chi connectivity index (χ3v) is 3.04. The number of ether oxygens (including phenoxy) is 2. The summed E-state index contributed by atoms with van der Waals surface area (Å²) in [6, 6.07) is 0. The van der Waals surface area contributed by atoms with E-state index in [4.69, 9.17) is 41.7 Å². The Morgan fingerprint density at radius 1 is 1.14 bits per heavy atom. The minimum atomic E-state index is -2.53. The third-order valence-electron chi connectivity index (χ3n) is 2.08. The van der Waals surface area contributed by atoms with Crippen molar-refractivity contribution in [2.75, 3.05) is 31.6 Å². The van der Waals surface area contributed by atoms with Crippen LogP contribution in [0.4, 0.5) is 0 Å². The zero-order valence-corrected chi connectivity index (χ0v) is 16.1. The number of rotatable bonds is 12. The van der Waals surface area contributed by atoms with Crippen LogP contribution in [-0.4, -0.2) is 48.8 Å². The van der Waals surface area contributed by atoms with E-state index in [1.807, 2.05) is 20.8 Å². The highest BCUT2D eigenvalue weighted by Crippen LogP contribution is 2.33. The molecule has 0 spiro atoms. The van der Waals surface area contributed by atoms with E-state index < -0.39 is 20.3 Å². The van der Waals surface area contributed by atoms with E-state index >= 15 is 0 Å². The van der Waals surface area contributed by atoms with Gasteiger partial charge < -0.3 is 14.6 Å². The van der Waals surface area contributed by atoms with Crippen LogP contribution in [0.25, 0.3) is 0 Å². The molecule has 3 atom stereocenters. The van der Waals surface area contributed by atoms with Gasteiger partial charge in [0.05, 0.1) is 12.5 Å². The normalized spacial score (nSPS) is 15.5. The highest BCUT2D eigenvalue weighted by molar-refractivity contribution is 7.33. The van der Waals surface area contributed by atoms with Crippen molar-refractivity contribution in [3.05, 3.63) is 0 Å². The van der Waals surface area contributed by atoms with Crippen LogP contribution >= 0.6 is 31.5 Å². The Hall–Kier alpha value is 0.480. The summed E-state index contributed by atoms with van der Waals surface area (Å²) in [6.45, 7) is 8.02. The lowest BCUT2D eigenvalue weighted by atomic mass is 10.3. The molecule has 0 bridgehead atoms. The molecule has 0 aromatic rings. The van der Waals surface area contributed by atoms with Crippen LogP contribution in [0, 0.1) is 0 Å².